The quantitative estimate of drug-likeness (QED) is 0.199. The first-order valence-electron chi connectivity index (χ1n) is 16.4. The first-order chi connectivity index (χ1) is 22.7. The average Bonchev–Trinajstić information content (AvgIpc) is 3.73. The number of hydrogen-bond donors (Lipinski definition) is 0. The lowest BCUT2D eigenvalue weighted by atomic mass is 9.91. The minimum Gasteiger partial charge on any atom is -0.347 e. The molecule has 10 rings (SSSR count). The third kappa shape index (κ3) is 3.60. The number of hydrogen-bond acceptors (Lipinski definition) is 1. The van der Waals surface area contributed by atoms with Gasteiger partial charge in [-0.25, -0.2) is 0 Å². The molecule has 0 spiro atoms. The molecule has 220 valence electrons. The Morgan fingerprint density at radius 2 is 1.37 bits per heavy atom. The third-order valence-corrected chi connectivity index (χ3v) is 10.5. The number of likely N-dealkylation sites (N-methyl/N-ethyl adjacent to an activating group) is 1. The maximum Gasteiger partial charge on any atom is 0.0542 e. The zero-order valence-electron chi connectivity index (χ0n) is 25.8. The summed E-state index contributed by atoms with van der Waals surface area (Å²) in [4.78, 5) is 2.37. The van der Waals surface area contributed by atoms with E-state index in [4.69, 9.17) is 0 Å². The van der Waals surface area contributed by atoms with Crippen LogP contribution in [0.4, 0.5) is 5.69 Å². The predicted molar refractivity (Wildman–Crippen MR) is 193 cm³/mol. The lowest BCUT2D eigenvalue weighted by Gasteiger charge is -2.19. The summed E-state index contributed by atoms with van der Waals surface area (Å²) in [6.07, 6.45) is 14.6. The third-order valence-electron chi connectivity index (χ3n) is 10.5. The fourth-order valence-corrected chi connectivity index (χ4v) is 8.34. The zero-order valence-corrected chi connectivity index (χ0v) is 25.8. The Morgan fingerprint density at radius 1 is 0.630 bits per heavy atom. The van der Waals surface area contributed by atoms with Crippen molar-refractivity contribution in [2.75, 3.05) is 11.9 Å². The van der Waals surface area contributed by atoms with Crippen LogP contribution in [0.1, 0.15) is 35.6 Å². The molecular formula is C43H33N3. The average molecular weight is 592 g/mol. The van der Waals surface area contributed by atoms with E-state index in [0.717, 1.165) is 19.3 Å². The van der Waals surface area contributed by atoms with Crippen LogP contribution in [0.2, 0.25) is 0 Å². The number of nitrogens with zero attached hydrogens (tertiary/aromatic N) is 3. The molecule has 2 aromatic heterocycles. The molecule has 0 saturated heterocycles. The number of para-hydroxylation sites is 2. The number of fused-ring (bicyclic) bond motifs is 9. The monoisotopic (exact) mass is 591 g/mol. The van der Waals surface area contributed by atoms with E-state index in [0.29, 0.717) is 5.92 Å². The van der Waals surface area contributed by atoms with Gasteiger partial charge in [-0.05, 0) is 102 Å². The van der Waals surface area contributed by atoms with Crippen LogP contribution in [0, 0.1) is 0 Å². The second-order valence-electron chi connectivity index (χ2n) is 12.9. The molecule has 1 aliphatic heterocycles. The van der Waals surface area contributed by atoms with E-state index in [2.05, 4.69) is 161 Å². The second kappa shape index (κ2) is 9.73. The molecule has 0 saturated carbocycles. The molecular weight excluding hydrogens is 558 g/mol. The van der Waals surface area contributed by atoms with Crippen molar-refractivity contribution in [2.45, 2.75) is 25.2 Å². The van der Waals surface area contributed by atoms with Gasteiger partial charge < -0.3 is 14.0 Å². The van der Waals surface area contributed by atoms with Gasteiger partial charge in [0, 0.05) is 57.6 Å². The van der Waals surface area contributed by atoms with E-state index in [1.165, 1.54) is 83.4 Å². The van der Waals surface area contributed by atoms with Crippen LogP contribution >= 0.6 is 0 Å². The van der Waals surface area contributed by atoms with Gasteiger partial charge in [-0.15, -0.1) is 0 Å². The lowest BCUT2D eigenvalue weighted by molar-refractivity contribution is 0.812. The molecule has 0 amide bonds. The highest BCUT2D eigenvalue weighted by Gasteiger charge is 2.31. The molecule has 7 aromatic rings. The summed E-state index contributed by atoms with van der Waals surface area (Å²) in [6.45, 7) is 0. The van der Waals surface area contributed by atoms with Crippen molar-refractivity contribution in [2.24, 2.45) is 0 Å². The number of aromatic nitrogens is 2. The molecule has 0 fully saturated rings. The molecule has 1 atom stereocenters. The molecule has 0 radical (unpaired) electrons. The summed E-state index contributed by atoms with van der Waals surface area (Å²) in [7, 11) is 2.20. The standard InChI is InChI=1S/C43H33N3/c1-44-38-14-6-2-10-32(38)36-24-20-29(26-43(36)44)28-18-21-30(22-19-28)45-41-17-9-5-13-35(41)37-27-31(23-25-42(37)45)46-39-15-7-3-11-33(39)34-12-4-8-16-40(34)46/h2-3,5-9,11,13-27,32H,4,10,12H2,1H3. The van der Waals surface area contributed by atoms with E-state index in [1.54, 1.807) is 0 Å². The van der Waals surface area contributed by atoms with Gasteiger partial charge in [0.05, 0.1) is 16.6 Å². The van der Waals surface area contributed by atoms with E-state index >= 15 is 0 Å². The summed E-state index contributed by atoms with van der Waals surface area (Å²) in [5.41, 5.74) is 15.6. The molecule has 5 aromatic carbocycles. The lowest BCUT2D eigenvalue weighted by Crippen LogP contribution is -2.14. The largest absolute Gasteiger partial charge is 0.347 e. The van der Waals surface area contributed by atoms with Crippen LogP contribution in [0.15, 0.2) is 139 Å². The van der Waals surface area contributed by atoms with Crippen LogP contribution in [0.3, 0.4) is 0 Å². The Hall–Kier alpha value is -5.54. The van der Waals surface area contributed by atoms with Crippen molar-refractivity contribution in [1.29, 1.82) is 0 Å². The summed E-state index contributed by atoms with van der Waals surface area (Å²) in [5, 5.41) is 3.92. The van der Waals surface area contributed by atoms with Crippen molar-refractivity contribution in [3.8, 4) is 22.5 Å². The van der Waals surface area contributed by atoms with Crippen molar-refractivity contribution >= 4 is 44.5 Å². The van der Waals surface area contributed by atoms with Gasteiger partial charge in [-0.1, -0.05) is 78.9 Å². The van der Waals surface area contributed by atoms with E-state index in [-0.39, 0.29) is 0 Å². The molecule has 1 unspecified atom stereocenters. The van der Waals surface area contributed by atoms with E-state index < -0.39 is 0 Å². The summed E-state index contributed by atoms with van der Waals surface area (Å²) >= 11 is 0. The van der Waals surface area contributed by atoms with E-state index in [1.807, 2.05) is 0 Å². The van der Waals surface area contributed by atoms with Crippen LogP contribution in [-0.4, -0.2) is 16.2 Å². The predicted octanol–water partition coefficient (Wildman–Crippen LogP) is 10.7. The molecule has 3 heterocycles. The molecule has 0 bridgehead atoms. The van der Waals surface area contributed by atoms with Gasteiger partial charge in [0.1, 0.15) is 0 Å². The molecule has 0 N–H and O–H groups in total. The van der Waals surface area contributed by atoms with Gasteiger partial charge in [0.2, 0.25) is 0 Å². The fourth-order valence-electron chi connectivity index (χ4n) is 8.34. The molecule has 3 aliphatic rings. The van der Waals surface area contributed by atoms with Gasteiger partial charge in [0.15, 0.2) is 0 Å². The maximum absolute atomic E-state index is 2.46. The van der Waals surface area contributed by atoms with Gasteiger partial charge >= 0.3 is 0 Å². The highest BCUT2D eigenvalue weighted by molar-refractivity contribution is 6.10. The Kier molecular flexibility index (Phi) is 5.45. The van der Waals surface area contributed by atoms with Crippen LogP contribution in [0.5, 0.6) is 0 Å². The number of rotatable bonds is 3. The Labute approximate surface area is 268 Å². The summed E-state index contributed by atoms with van der Waals surface area (Å²) < 4.78 is 4.87. The van der Waals surface area contributed by atoms with Gasteiger partial charge in [-0.3, -0.25) is 0 Å². The second-order valence-corrected chi connectivity index (χ2v) is 12.9. The van der Waals surface area contributed by atoms with Crippen molar-refractivity contribution in [3.05, 3.63) is 156 Å². The zero-order chi connectivity index (χ0) is 30.4. The van der Waals surface area contributed by atoms with Crippen molar-refractivity contribution < 1.29 is 0 Å². The Bertz CT molecular complexity index is 2460. The van der Waals surface area contributed by atoms with Gasteiger partial charge in [0.25, 0.3) is 0 Å². The highest BCUT2D eigenvalue weighted by atomic mass is 15.1. The minimum absolute atomic E-state index is 0.482. The van der Waals surface area contributed by atoms with Crippen LogP contribution in [-0.2, 0) is 6.42 Å². The number of allylic oxidation sites excluding steroid dienone is 5. The Balaban J connectivity index is 1.08. The van der Waals surface area contributed by atoms with Crippen molar-refractivity contribution in [1.82, 2.24) is 9.13 Å². The first kappa shape index (κ1) is 25.8. The normalized spacial score (nSPS) is 16.7. The number of benzene rings is 5. The first-order valence-corrected chi connectivity index (χ1v) is 16.4. The van der Waals surface area contributed by atoms with Gasteiger partial charge in [-0.2, -0.15) is 0 Å². The number of anilines is 1. The fraction of sp³-hybridized carbons (Fsp3) is 0.116. The van der Waals surface area contributed by atoms with E-state index in [9.17, 15) is 0 Å². The Morgan fingerprint density at radius 3 is 2.24 bits per heavy atom. The highest BCUT2D eigenvalue weighted by Crippen LogP contribution is 2.47. The smallest absolute Gasteiger partial charge is 0.0542 e. The molecule has 3 nitrogen and oxygen atoms in total. The van der Waals surface area contributed by atoms with Crippen molar-refractivity contribution in [3.63, 3.8) is 0 Å². The van der Waals surface area contributed by atoms with Crippen LogP contribution in [0.25, 0.3) is 61.3 Å². The topological polar surface area (TPSA) is 13.1 Å². The molecule has 2 aliphatic carbocycles. The maximum atomic E-state index is 2.46. The molecule has 3 heteroatoms. The van der Waals surface area contributed by atoms with Crippen LogP contribution < -0.4 is 4.90 Å². The SMILES string of the molecule is CN1C2=CC=CCC2c2ccc(-c3ccc(-n4c5ccccc5c5cc(-n6c7c(c8ccccc86)CCC=C7)ccc54)cc3)cc21. The number of aryl methyl sites for hydroxylation is 1. The summed E-state index contributed by atoms with van der Waals surface area (Å²) in [5.74, 6) is 0.482. The summed E-state index contributed by atoms with van der Waals surface area (Å²) in [6, 6.07) is 40.8. The minimum atomic E-state index is 0.482. The molecule has 46 heavy (non-hydrogen) atoms.